The van der Waals surface area contributed by atoms with E-state index < -0.39 is 0 Å². The van der Waals surface area contributed by atoms with Gasteiger partial charge in [-0.15, -0.1) is 24.1 Å². The maximum absolute atomic E-state index is 5.78. The third kappa shape index (κ3) is 5.49. The van der Waals surface area contributed by atoms with Gasteiger partial charge in [-0.2, -0.15) is 0 Å². The maximum Gasteiger partial charge on any atom is 0.168 e. The summed E-state index contributed by atoms with van der Waals surface area (Å²) in [5.74, 6) is 1.60. The molecule has 0 aliphatic carbocycles. The highest BCUT2D eigenvalue weighted by Crippen LogP contribution is 2.28. The minimum atomic E-state index is 0. The fourth-order valence-electron chi connectivity index (χ4n) is 3.87. The standard InChI is InChI=1S/C18H32N6O.ClH/c1-4-7-22-8-10-23(11-9-22)17(13-15(2)3)18-19-20-21-24(18)14-16-6-5-12-25-16;/h4,15-17H,1,5-14H2,2-3H3;1H. The second-order valence-corrected chi connectivity index (χ2v) is 7.62. The molecule has 0 bridgehead atoms. The Labute approximate surface area is 163 Å². The smallest absolute Gasteiger partial charge is 0.168 e. The van der Waals surface area contributed by atoms with E-state index in [1.54, 1.807) is 0 Å². The van der Waals surface area contributed by atoms with Crippen molar-refractivity contribution in [3.63, 3.8) is 0 Å². The number of tetrazole rings is 1. The van der Waals surface area contributed by atoms with Crippen LogP contribution in [0.4, 0.5) is 0 Å². The number of hydrogen-bond acceptors (Lipinski definition) is 6. The lowest BCUT2D eigenvalue weighted by Crippen LogP contribution is -2.48. The summed E-state index contributed by atoms with van der Waals surface area (Å²) in [5.41, 5.74) is 0. The number of halogens is 1. The molecule has 0 saturated carbocycles. The quantitative estimate of drug-likeness (QED) is 0.640. The first-order valence-corrected chi connectivity index (χ1v) is 9.62. The Bertz CT molecular complexity index is 538. The van der Waals surface area contributed by atoms with Crippen LogP contribution in [0.2, 0.25) is 0 Å². The van der Waals surface area contributed by atoms with Gasteiger partial charge in [-0.25, -0.2) is 4.68 Å². The Kier molecular flexibility index (Phi) is 8.47. The van der Waals surface area contributed by atoms with Crippen molar-refractivity contribution in [3.8, 4) is 0 Å². The maximum atomic E-state index is 5.78. The Balaban J connectivity index is 0.00000243. The summed E-state index contributed by atoms with van der Waals surface area (Å²) in [6.07, 6.45) is 5.57. The normalized spacial score (nSPS) is 23.1. The Morgan fingerprint density at radius 1 is 1.27 bits per heavy atom. The van der Waals surface area contributed by atoms with Gasteiger partial charge in [-0.05, 0) is 35.6 Å². The number of rotatable bonds is 8. The first-order valence-electron chi connectivity index (χ1n) is 9.62. The summed E-state index contributed by atoms with van der Waals surface area (Å²) in [4.78, 5) is 5.00. The van der Waals surface area contributed by atoms with Gasteiger partial charge in [0, 0.05) is 39.3 Å². The average Bonchev–Trinajstić information content (AvgIpc) is 3.26. The van der Waals surface area contributed by atoms with E-state index in [4.69, 9.17) is 4.74 Å². The molecule has 0 N–H and O–H groups in total. The van der Waals surface area contributed by atoms with Gasteiger partial charge in [0.15, 0.2) is 5.82 Å². The van der Waals surface area contributed by atoms with Crippen molar-refractivity contribution in [1.82, 2.24) is 30.0 Å². The fraction of sp³-hybridized carbons (Fsp3) is 0.833. The first kappa shape index (κ1) is 21.3. The van der Waals surface area contributed by atoms with E-state index in [0.29, 0.717) is 5.92 Å². The van der Waals surface area contributed by atoms with Crippen molar-refractivity contribution < 1.29 is 4.74 Å². The largest absolute Gasteiger partial charge is 0.376 e. The fourth-order valence-corrected chi connectivity index (χ4v) is 3.87. The van der Waals surface area contributed by atoms with E-state index in [2.05, 4.69) is 45.8 Å². The van der Waals surface area contributed by atoms with E-state index in [1.165, 1.54) is 0 Å². The molecule has 2 atom stereocenters. The molecule has 2 fully saturated rings. The summed E-state index contributed by atoms with van der Waals surface area (Å²) in [6, 6.07) is 0.280. The second-order valence-electron chi connectivity index (χ2n) is 7.62. The summed E-state index contributed by atoms with van der Waals surface area (Å²) >= 11 is 0. The number of nitrogens with zero attached hydrogens (tertiary/aromatic N) is 6. The summed E-state index contributed by atoms with van der Waals surface area (Å²) < 4.78 is 7.77. The molecule has 7 nitrogen and oxygen atoms in total. The van der Waals surface area contributed by atoms with Crippen molar-refractivity contribution >= 4 is 12.4 Å². The molecule has 3 rings (SSSR count). The SMILES string of the molecule is C=CCN1CCN(C(CC(C)C)c2nnnn2CC2CCCO2)CC1.Cl. The molecule has 2 aliphatic rings. The van der Waals surface area contributed by atoms with E-state index >= 15 is 0 Å². The zero-order valence-electron chi connectivity index (χ0n) is 16.1. The summed E-state index contributed by atoms with van der Waals surface area (Å²) in [6.45, 7) is 15.3. The molecule has 3 heterocycles. The van der Waals surface area contributed by atoms with E-state index in [9.17, 15) is 0 Å². The number of aromatic nitrogens is 4. The molecule has 0 aromatic carbocycles. The molecular weight excluding hydrogens is 352 g/mol. The third-order valence-electron chi connectivity index (χ3n) is 5.19. The highest BCUT2D eigenvalue weighted by atomic mass is 35.5. The number of piperazine rings is 1. The minimum absolute atomic E-state index is 0. The van der Waals surface area contributed by atoms with E-state index in [-0.39, 0.29) is 24.6 Å². The lowest BCUT2D eigenvalue weighted by Gasteiger charge is -2.39. The van der Waals surface area contributed by atoms with Crippen molar-refractivity contribution in [2.24, 2.45) is 5.92 Å². The zero-order valence-corrected chi connectivity index (χ0v) is 16.9. The monoisotopic (exact) mass is 384 g/mol. The first-order chi connectivity index (χ1) is 12.2. The van der Waals surface area contributed by atoms with E-state index in [0.717, 1.165) is 71.0 Å². The Hall–Kier alpha value is -1.02. The summed E-state index contributed by atoms with van der Waals surface area (Å²) in [7, 11) is 0. The lowest BCUT2D eigenvalue weighted by molar-refractivity contribution is 0.0756. The third-order valence-corrected chi connectivity index (χ3v) is 5.19. The van der Waals surface area contributed by atoms with Crippen LogP contribution in [-0.2, 0) is 11.3 Å². The van der Waals surface area contributed by atoms with Gasteiger partial charge in [0.25, 0.3) is 0 Å². The number of hydrogen-bond donors (Lipinski definition) is 0. The van der Waals surface area contributed by atoms with Gasteiger partial charge < -0.3 is 4.74 Å². The molecule has 8 heteroatoms. The van der Waals surface area contributed by atoms with Crippen LogP contribution in [0.5, 0.6) is 0 Å². The van der Waals surface area contributed by atoms with Crippen LogP contribution in [0.1, 0.15) is 45.0 Å². The molecule has 1 aromatic rings. The molecule has 148 valence electrons. The van der Waals surface area contributed by atoms with Crippen LogP contribution < -0.4 is 0 Å². The van der Waals surface area contributed by atoms with Crippen LogP contribution in [0, 0.1) is 5.92 Å². The molecule has 0 spiro atoms. The van der Waals surface area contributed by atoms with E-state index in [1.807, 2.05) is 10.8 Å². The topological polar surface area (TPSA) is 59.3 Å². The van der Waals surface area contributed by atoms with Crippen LogP contribution in [0.15, 0.2) is 12.7 Å². The molecule has 1 aromatic heterocycles. The molecule has 26 heavy (non-hydrogen) atoms. The second kappa shape index (κ2) is 10.3. The lowest BCUT2D eigenvalue weighted by atomic mass is 10.0. The molecule has 2 aliphatic heterocycles. The molecule has 0 amide bonds. The van der Waals surface area contributed by atoms with Crippen molar-refractivity contribution in [2.75, 3.05) is 39.3 Å². The van der Waals surface area contributed by atoms with Crippen LogP contribution in [-0.4, -0.2) is 75.4 Å². The Morgan fingerprint density at radius 2 is 2.04 bits per heavy atom. The van der Waals surface area contributed by atoms with Crippen molar-refractivity contribution in [2.45, 2.75) is 51.8 Å². The van der Waals surface area contributed by atoms with Gasteiger partial charge in [-0.1, -0.05) is 19.9 Å². The highest BCUT2D eigenvalue weighted by molar-refractivity contribution is 5.85. The Morgan fingerprint density at radius 3 is 2.65 bits per heavy atom. The zero-order chi connectivity index (χ0) is 17.6. The van der Waals surface area contributed by atoms with Crippen LogP contribution >= 0.6 is 12.4 Å². The van der Waals surface area contributed by atoms with Gasteiger partial charge >= 0.3 is 0 Å². The predicted molar refractivity (Wildman–Crippen MR) is 104 cm³/mol. The highest BCUT2D eigenvalue weighted by Gasteiger charge is 2.30. The van der Waals surface area contributed by atoms with Gasteiger partial charge in [0.05, 0.1) is 18.7 Å². The van der Waals surface area contributed by atoms with Crippen LogP contribution in [0.25, 0.3) is 0 Å². The predicted octanol–water partition coefficient (Wildman–Crippen LogP) is 2.16. The van der Waals surface area contributed by atoms with Gasteiger partial charge in [-0.3, -0.25) is 9.80 Å². The number of ether oxygens (including phenoxy) is 1. The minimum Gasteiger partial charge on any atom is -0.376 e. The van der Waals surface area contributed by atoms with Gasteiger partial charge in [0.1, 0.15) is 0 Å². The van der Waals surface area contributed by atoms with Crippen molar-refractivity contribution in [3.05, 3.63) is 18.5 Å². The molecular formula is C18H33ClN6O. The van der Waals surface area contributed by atoms with Crippen molar-refractivity contribution in [1.29, 1.82) is 0 Å². The average molecular weight is 385 g/mol. The molecule has 2 unspecified atom stereocenters. The van der Waals surface area contributed by atoms with Crippen LogP contribution in [0.3, 0.4) is 0 Å². The molecule has 0 radical (unpaired) electrons. The van der Waals surface area contributed by atoms with Gasteiger partial charge in [0.2, 0.25) is 0 Å². The molecule has 2 saturated heterocycles. The summed E-state index contributed by atoms with van der Waals surface area (Å²) in [5, 5.41) is 12.7.